The van der Waals surface area contributed by atoms with Gasteiger partial charge in [-0.3, -0.25) is 0 Å². The lowest BCUT2D eigenvalue weighted by atomic mass is 9.96. The first kappa shape index (κ1) is 50.8. The molecule has 0 atom stereocenters. The third-order valence-electron chi connectivity index (χ3n) is 18.8. The summed E-state index contributed by atoms with van der Waals surface area (Å²) in [6, 6.07) is 128. The minimum atomic E-state index is -4.28. The van der Waals surface area contributed by atoms with E-state index in [0.717, 1.165) is 45.5 Å². The van der Waals surface area contributed by atoms with Crippen LogP contribution >= 0.6 is 0 Å². The molecule has 0 radical (unpaired) electrons. The third-order valence-corrected chi connectivity index (χ3v) is 23.1. The van der Waals surface area contributed by atoms with Crippen molar-refractivity contribution in [1.29, 1.82) is 0 Å². The molecule has 4 nitrogen and oxygen atoms in total. The topological polar surface area (TPSA) is 13.0 Å². The highest BCUT2D eigenvalue weighted by molar-refractivity contribution is 7.00. The van der Waals surface area contributed by atoms with Crippen LogP contribution < -0.4 is 18.3 Å². The zero-order chi connectivity index (χ0) is 58.6. The molecule has 0 amide bonds. The van der Waals surface area contributed by atoms with Gasteiger partial charge in [-0.2, -0.15) is 0 Å². The second kappa shape index (κ2) is 20.3. The second-order valence-electron chi connectivity index (χ2n) is 23.5. The van der Waals surface area contributed by atoms with Crippen molar-refractivity contribution in [2.75, 3.05) is 18.3 Å². The number of nitrogens with zero attached hydrogens (tertiary/aromatic N) is 4. The molecule has 416 valence electrons. The summed E-state index contributed by atoms with van der Waals surface area (Å²) in [6.07, 6.45) is 0. The van der Waals surface area contributed by atoms with Crippen LogP contribution in [0.4, 0.5) is 45.5 Å². The van der Waals surface area contributed by atoms with E-state index in [1.165, 1.54) is 109 Å². The summed E-state index contributed by atoms with van der Waals surface area (Å²) < 4.78 is 11.5. The molecule has 18 rings (SSSR count). The number of benzene rings is 16. The molecular formula is C84H56N4Si. The summed E-state index contributed by atoms with van der Waals surface area (Å²) in [5.41, 5.74) is 18.5. The van der Waals surface area contributed by atoms with Gasteiger partial charge in [0.05, 0.1) is 22.7 Å². The van der Waals surface area contributed by atoms with Gasteiger partial charge in [0, 0.05) is 44.3 Å². The number of hydrogen-bond donors (Lipinski definition) is 0. The molecule has 2 aliphatic heterocycles. The van der Waals surface area contributed by atoms with E-state index in [0.29, 0.717) is 0 Å². The molecule has 0 saturated carbocycles. The van der Waals surface area contributed by atoms with Crippen LogP contribution in [-0.2, 0) is 0 Å². The lowest BCUT2D eigenvalue weighted by Crippen LogP contribution is -2.76. The molecular weight excluding hydrogens is 1090 g/mol. The average molecular weight is 1150 g/mol. The quantitative estimate of drug-likeness (QED) is 0.141. The predicted octanol–water partition coefficient (Wildman–Crippen LogP) is 23.0. The summed E-state index contributed by atoms with van der Waals surface area (Å²) in [6.45, 7) is 0. The molecule has 0 aromatic heterocycles. The van der Waals surface area contributed by atoms with Crippen molar-refractivity contribution >= 4 is 119 Å². The Kier molecular flexibility index (Phi) is 11.6. The Hall–Kier alpha value is -11.5. The lowest BCUT2D eigenvalue weighted by molar-refractivity contribution is 1.19. The highest BCUT2D eigenvalue weighted by atomic mass is 28.4. The molecule has 0 fully saturated rings. The summed E-state index contributed by atoms with van der Waals surface area (Å²) >= 11 is 0. The second-order valence-corrected chi connectivity index (χ2v) is 26.5. The van der Waals surface area contributed by atoms with E-state index < -0.39 is 8.72 Å². The average Bonchev–Trinajstić information content (AvgIpc) is 1.50. The van der Waals surface area contributed by atoms with Gasteiger partial charge in [-0.25, -0.2) is 0 Å². The molecule has 0 N–H and O–H groups in total. The van der Waals surface area contributed by atoms with E-state index in [1.54, 1.807) is 0 Å². The van der Waals surface area contributed by atoms with E-state index in [1.807, 2.05) is 0 Å². The Balaban J connectivity index is 1.08. The van der Waals surface area contributed by atoms with Gasteiger partial charge in [-0.1, -0.05) is 291 Å². The maximum absolute atomic E-state index is 4.28. The normalized spacial score (nSPS) is 13.4. The van der Waals surface area contributed by atoms with E-state index in [9.17, 15) is 0 Å². The third kappa shape index (κ3) is 7.72. The number of anilines is 8. The minimum absolute atomic E-state index is 1.12. The number of hydrogen-bond acceptors (Lipinski definition) is 4. The van der Waals surface area contributed by atoms with Crippen molar-refractivity contribution < 1.29 is 0 Å². The van der Waals surface area contributed by atoms with Crippen molar-refractivity contribution in [2.24, 2.45) is 0 Å². The van der Waals surface area contributed by atoms with Crippen LogP contribution in [0.2, 0.25) is 0 Å². The Morgan fingerprint density at radius 2 is 0.348 bits per heavy atom. The zero-order valence-corrected chi connectivity index (χ0v) is 49.6. The highest BCUT2D eigenvalue weighted by Crippen LogP contribution is 2.66. The molecule has 0 saturated heterocycles. The van der Waals surface area contributed by atoms with Gasteiger partial charge in [0.25, 0.3) is 0 Å². The molecule has 0 bridgehead atoms. The van der Waals surface area contributed by atoms with Gasteiger partial charge < -0.3 is 18.3 Å². The van der Waals surface area contributed by atoms with E-state index in [2.05, 4.69) is 358 Å². The molecule has 5 heteroatoms. The van der Waals surface area contributed by atoms with Gasteiger partial charge >= 0.3 is 8.72 Å². The predicted molar refractivity (Wildman–Crippen MR) is 380 cm³/mol. The molecule has 16 aromatic carbocycles. The minimum Gasteiger partial charge on any atom is -0.313 e. The van der Waals surface area contributed by atoms with Crippen molar-refractivity contribution in [1.82, 2.24) is 0 Å². The molecule has 16 aromatic rings. The number of rotatable bonds is 8. The van der Waals surface area contributed by atoms with Crippen molar-refractivity contribution in [2.45, 2.75) is 0 Å². The van der Waals surface area contributed by atoms with Gasteiger partial charge in [0.2, 0.25) is 0 Å². The lowest BCUT2D eigenvalue weighted by Gasteiger charge is -2.50. The zero-order valence-electron chi connectivity index (χ0n) is 48.6. The molecule has 2 heterocycles. The maximum Gasteiger partial charge on any atom is 0.522 e. The van der Waals surface area contributed by atoms with Crippen molar-refractivity contribution in [3.05, 3.63) is 340 Å². The van der Waals surface area contributed by atoms with E-state index in [4.69, 9.17) is 0 Å². The van der Waals surface area contributed by atoms with Gasteiger partial charge in [0.1, 0.15) is 0 Å². The SMILES string of the molecule is c1ccc(-c2ccc(N3c4cc5ccccc5cc4N(c4ccc(-c5ccccc5)c5ccccc45)[Si]34N(c3ccc(-c5ccccc5)c5ccccc35)c3cc5ccccc5cc3N4c3ccc(-c4ccccc4)c4ccccc34)c3ccccc23)cc1. The molecule has 0 aliphatic carbocycles. The smallest absolute Gasteiger partial charge is 0.313 e. The van der Waals surface area contributed by atoms with Crippen LogP contribution in [0.15, 0.2) is 340 Å². The van der Waals surface area contributed by atoms with Gasteiger partial charge in [-0.15, -0.1) is 0 Å². The summed E-state index contributed by atoms with van der Waals surface area (Å²) in [4.78, 5) is 0. The van der Waals surface area contributed by atoms with E-state index in [-0.39, 0.29) is 0 Å². The van der Waals surface area contributed by atoms with Crippen LogP contribution in [0.5, 0.6) is 0 Å². The molecule has 89 heavy (non-hydrogen) atoms. The van der Waals surface area contributed by atoms with Gasteiger partial charge in [0.15, 0.2) is 0 Å². The first-order chi connectivity index (χ1) is 44.2. The highest BCUT2D eigenvalue weighted by Gasteiger charge is 2.70. The van der Waals surface area contributed by atoms with Crippen molar-refractivity contribution in [3.8, 4) is 44.5 Å². The fourth-order valence-electron chi connectivity index (χ4n) is 15.0. The van der Waals surface area contributed by atoms with Crippen LogP contribution in [0.1, 0.15) is 0 Å². The van der Waals surface area contributed by atoms with Crippen LogP contribution in [0.25, 0.3) is 109 Å². The fraction of sp³-hybridized carbons (Fsp3) is 0. The van der Waals surface area contributed by atoms with E-state index >= 15 is 0 Å². The Morgan fingerprint density at radius 1 is 0.157 bits per heavy atom. The first-order valence-corrected chi connectivity index (χ1v) is 32.5. The summed E-state index contributed by atoms with van der Waals surface area (Å²) in [5.74, 6) is 0. The summed E-state index contributed by atoms with van der Waals surface area (Å²) in [7, 11) is -4.28. The monoisotopic (exact) mass is 1150 g/mol. The Labute approximate surface area is 518 Å². The summed E-state index contributed by atoms with van der Waals surface area (Å²) in [5, 5.41) is 14.1. The fourth-order valence-corrected chi connectivity index (χ4v) is 20.2. The van der Waals surface area contributed by atoms with Crippen LogP contribution in [0, 0.1) is 0 Å². The van der Waals surface area contributed by atoms with Gasteiger partial charge in [-0.05, 0) is 136 Å². The van der Waals surface area contributed by atoms with Crippen LogP contribution in [0.3, 0.4) is 0 Å². The standard InChI is InChI=1S/C84H56N4Si/c1-5-25-57(26-6-1)65-45-49-77(73-41-21-17-37-69(65)73)85-81-53-61-33-13-14-34-62(61)54-82(81)86(78-50-46-66(58-27-7-2-8-28-58)70-38-18-22-42-74(70)78)89(85)87(79-51-47-67(59-29-9-3-10-30-59)71-39-19-23-43-75(71)79)83-55-63-35-15-16-36-64(63)56-84(83)88(89)80-52-48-68(60-31-11-4-12-32-60)72-40-20-24-44-76(72)80/h1-56H. The van der Waals surface area contributed by atoms with Crippen LogP contribution in [-0.4, -0.2) is 8.72 Å². The molecule has 0 unspecified atom stereocenters. The Morgan fingerprint density at radius 3 is 0.573 bits per heavy atom. The molecule has 2 aliphatic rings. The first-order valence-electron chi connectivity index (χ1n) is 30.7. The largest absolute Gasteiger partial charge is 0.522 e. The van der Waals surface area contributed by atoms with Crippen molar-refractivity contribution in [3.63, 3.8) is 0 Å². The number of fused-ring (bicyclic) bond motifs is 8. The maximum atomic E-state index is 2.87. The molecule has 1 spiro atoms. The Bertz CT molecular complexity index is 4800.